The van der Waals surface area contributed by atoms with E-state index in [0.717, 1.165) is 0 Å². The average Bonchev–Trinajstić information content (AvgIpc) is 2.18. The maximum Gasteiger partial charge on any atom is 0.433 e. The standard InChI is InChI=1S/C10H12BO5/c1-6-5-7-3-2-4-8(10(12)13)9(7)16-11(6,14)15/h2-4,6,14-15H,5H2,1H3,(H,12,13)/q-1/t6-/m0/s1. The number of hydrogen-bond acceptors (Lipinski definition) is 4. The Labute approximate surface area is 92.3 Å². The highest BCUT2D eigenvalue weighted by molar-refractivity contribution is 6.60. The van der Waals surface area contributed by atoms with E-state index in [9.17, 15) is 14.8 Å². The first-order valence-corrected chi connectivity index (χ1v) is 5.05. The molecule has 0 radical (unpaired) electrons. The lowest BCUT2D eigenvalue weighted by Crippen LogP contribution is -2.50. The zero-order valence-electron chi connectivity index (χ0n) is 8.75. The minimum Gasteiger partial charge on any atom is -0.669 e. The first-order chi connectivity index (χ1) is 7.42. The SMILES string of the molecule is C[C@H]1Cc2cccc(C(=O)O)c2O[B-]1(O)O. The fourth-order valence-electron chi connectivity index (χ4n) is 1.84. The third-order valence-electron chi connectivity index (χ3n) is 2.90. The molecule has 1 heterocycles. The summed E-state index contributed by atoms with van der Waals surface area (Å²) in [6, 6.07) is 4.72. The molecule has 0 aliphatic carbocycles. The van der Waals surface area contributed by atoms with Gasteiger partial charge in [-0.25, -0.2) is 4.79 Å². The number of carboxylic acids is 1. The van der Waals surface area contributed by atoms with E-state index < -0.39 is 18.5 Å². The Morgan fingerprint density at radius 2 is 2.19 bits per heavy atom. The van der Waals surface area contributed by atoms with Gasteiger partial charge in [0.15, 0.2) is 0 Å². The van der Waals surface area contributed by atoms with Gasteiger partial charge in [-0.2, -0.15) is 0 Å². The molecule has 16 heavy (non-hydrogen) atoms. The number of hydrogen-bond donors (Lipinski definition) is 3. The van der Waals surface area contributed by atoms with Crippen LogP contribution in [0.15, 0.2) is 18.2 Å². The molecule has 2 rings (SSSR count). The second kappa shape index (κ2) is 3.50. The lowest BCUT2D eigenvalue weighted by molar-refractivity contribution is 0.0693. The highest BCUT2D eigenvalue weighted by Crippen LogP contribution is 2.37. The molecule has 0 amide bonds. The summed E-state index contributed by atoms with van der Waals surface area (Å²) < 4.78 is 5.02. The topological polar surface area (TPSA) is 87.0 Å². The van der Waals surface area contributed by atoms with Crippen LogP contribution in [0.2, 0.25) is 5.82 Å². The molecule has 1 aliphatic heterocycles. The van der Waals surface area contributed by atoms with E-state index in [1.54, 1.807) is 19.1 Å². The summed E-state index contributed by atoms with van der Waals surface area (Å²) in [7, 11) is 0. The maximum atomic E-state index is 10.9. The lowest BCUT2D eigenvalue weighted by atomic mass is 9.60. The summed E-state index contributed by atoms with van der Waals surface area (Å²) in [6.45, 7) is -1.32. The average molecular weight is 223 g/mol. The quantitative estimate of drug-likeness (QED) is 0.608. The van der Waals surface area contributed by atoms with E-state index in [-0.39, 0.29) is 11.3 Å². The molecule has 3 N–H and O–H groups in total. The molecule has 0 saturated carbocycles. The highest BCUT2D eigenvalue weighted by atomic mass is 16.6. The van der Waals surface area contributed by atoms with Crippen LogP contribution in [0.25, 0.3) is 0 Å². The smallest absolute Gasteiger partial charge is 0.433 e. The summed E-state index contributed by atoms with van der Waals surface area (Å²) in [6.07, 6.45) is 0.392. The molecule has 0 unspecified atom stereocenters. The molecule has 1 aliphatic rings. The van der Waals surface area contributed by atoms with Crippen molar-refractivity contribution in [3.05, 3.63) is 29.3 Å². The van der Waals surface area contributed by atoms with Gasteiger partial charge in [0, 0.05) is 0 Å². The number of aromatic carboxylic acids is 1. The number of fused-ring (bicyclic) bond motifs is 1. The predicted octanol–water partition coefficient (Wildman–Crippen LogP) is 0.633. The van der Waals surface area contributed by atoms with Gasteiger partial charge in [0.1, 0.15) is 0 Å². The molecule has 6 heteroatoms. The van der Waals surface area contributed by atoms with Crippen LogP contribution in [0.3, 0.4) is 0 Å². The zero-order valence-corrected chi connectivity index (χ0v) is 8.75. The molecule has 1 aromatic rings. The summed E-state index contributed by atoms with van der Waals surface area (Å²) in [4.78, 5) is 10.9. The highest BCUT2D eigenvalue weighted by Gasteiger charge is 2.37. The van der Waals surface area contributed by atoms with E-state index in [0.29, 0.717) is 12.0 Å². The molecule has 0 spiro atoms. The van der Waals surface area contributed by atoms with E-state index in [1.807, 2.05) is 0 Å². The molecule has 0 bridgehead atoms. The van der Waals surface area contributed by atoms with E-state index in [2.05, 4.69) is 0 Å². The molecule has 0 aromatic heterocycles. The fraction of sp³-hybridized carbons (Fsp3) is 0.300. The van der Waals surface area contributed by atoms with Gasteiger partial charge in [0.25, 0.3) is 0 Å². The van der Waals surface area contributed by atoms with Crippen LogP contribution >= 0.6 is 0 Å². The van der Waals surface area contributed by atoms with Crippen molar-refractivity contribution in [3.63, 3.8) is 0 Å². The van der Waals surface area contributed by atoms with Crippen molar-refractivity contribution >= 4 is 12.7 Å². The molecule has 1 aromatic carbocycles. The first-order valence-electron chi connectivity index (χ1n) is 5.05. The van der Waals surface area contributed by atoms with Gasteiger partial charge in [0.2, 0.25) is 0 Å². The van der Waals surface area contributed by atoms with Gasteiger partial charge in [-0.05, 0) is 18.1 Å². The molecule has 86 valence electrons. The monoisotopic (exact) mass is 223 g/mol. The lowest BCUT2D eigenvalue weighted by Gasteiger charge is -2.42. The van der Waals surface area contributed by atoms with Gasteiger partial charge in [0.05, 0.1) is 11.3 Å². The van der Waals surface area contributed by atoms with Crippen LogP contribution < -0.4 is 4.65 Å². The van der Waals surface area contributed by atoms with E-state index >= 15 is 0 Å². The van der Waals surface area contributed by atoms with Crippen LogP contribution in [0.1, 0.15) is 22.8 Å². The Hall–Kier alpha value is -1.53. The number of para-hydroxylation sites is 1. The minimum atomic E-state index is -2.97. The molecule has 1 atom stereocenters. The summed E-state index contributed by atoms with van der Waals surface area (Å²) in [5, 5.41) is 28.1. The Morgan fingerprint density at radius 3 is 2.81 bits per heavy atom. The number of rotatable bonds is 1. The Bertz CT molecular complexity index is 443. The van der Waals surface area contributed by atoms with Crippen molar-refractivity contribution in [2.75, 3.05) is 0 Å². The summed E-state index contributed by atoms with van der Waals surface area (Å²) in [5.41, 5.74) is 0.645. The zero-order chi connectivity index (χ0) is 11.9. The van der Waals surface area contributed by atoms with Gasteiger partial charge in [-0.1, -0.05) is 24.9 Å². The number of carboxylic acid groups (broad SMARTS) is 1. The van der Waals surface area contributed by atoms with Gasteiger partial charge in [-0.15, -0.1) is 0 Å². The Kier molecular flexibility index (Phi) is 2.40. The van der Waals surface area contributed by atoms with Crippen LogP contribution in [-0.4, -0.2) is 27.9 Å². The summed E-state index contributed by atoms with van der Waals surface area (Å²) >= 11 is 0. The second-order valence-electron chi connectivity index (χ2n) is 4.16. The number of benzene rings is 1. The predicted molar refractivity (Wildman–Crippen MR) is 57.3 cm³/mol. The molecule has 0 saturated heterocycles. The molecule has 5 nitrogen and oxygen atoms in total. The van der Waals surface area contributed by atoms with Crippen LogP contribution in [-0.2, 0) is 6.42 Å². The molecular weight excluding hydrogens is 211 g/mol. The van der Waals surface area contributed by atoms with Crippen LogP contribution in [0, 0.1) is 0 Å². The van der Waals surface area contributed by atoms with Crippen molar-refractivity contribution in [1.82, 2.24) is 0 Å². The van der Waals surface area contributed by atoms with Crippen LogP contribution in [0.5, 0.6) is 5.75 Å². The van der Waals surface area contributed by atoms with Gasteiger partial charge in [-0.3, -0.25) is 0 Å². The van der Waals surface area contributed by atoms with Crippen molar-refractivity contribution in [2.24, 2.45) is 0 Å². The van der Waals surface area contributed by atoms with Crippen molar-refractivity contribution in [3.8, 4) is 5.75 Å². The second-order valence-corrected chi connectivity index (χ2v) is 4.16. The largest absolute Gasteiger partial charge is 0.669 e. The van der Waals surface area contributed by atoms with Gasteiger partial charge < -0.3 is 19.8 Å². The Balaban J connectivity index is 2.52. The minimum absolute atomic E-state index is 0.0428. The van der Waals surface area contributed by atoms with Crippen molar-refractivity contribution < 1.29 is 24.6 Å². The van der Waals surface area contributed by atoms with Crippen molar-refractivity contribution in [2.45, 2.75) is 19.2 Å². The summed E-state index contributed by atoms with van der Waals surface area (Å²) in [5.74, 6) is -1.52. The Morgan fingerprint density at radius 1 is 1.50 bits per heavy atom. The van der Waals surface area contributed by atoms with E-state index in [4.69, 9.17) is 9.76 Å². The first kappa shape index (κ1) is 11.0. The van der Waals surface area contributed by atoms with Crippen LogP contribution in [0.4, 0.5) is 0 Å². The fourth-order valence-corrected chi connectivity index (χ4v) is 1.84. The number of carbonyl (C=O) groups is 1. The van der Waals surface area contributed by atoms with E-state index in [1.165, 1.54) is 6.07 Å². The van der Waals surface area contributed by atoms with Crippen molar-refractivity contribution in [1.29, 1.82) is 0 Å². The normalized spacial score (nSPS) is 22.1. The molecular formula is C10H12BO5-. The van der Waals surface area contributed by atoms with Gasteiger partial charge >= 0.3 is 12.7 Å². The third kappa shape index (κ3) is 1.66. The third-order valence-corrected chi connectivity index (χ3v) is 2.90. The molecule has 0 fully saturated rings. The maximum absolute atomic E-state index is 10.9.